The second-order valence-corrected chi connectivity index (χ2v) is 4.96. The number of rotatable bonds is 4. The molecule has 2 atom stereocenters. The Labute approximate surface area is 102 Å². The number of hydrogen-bond donors (Lipinski definition) is 2. The third-order valence-electron chi connectivity index (χ3n) is 3.65. The zero-order chi connectivity index (χ0) is 12.3. The van der Waals surface area contributed by atoms with E-state index in [-0.39, 0.29) is 12.4 Å². The number of aryl methyl sites for hydroxylation is 1. The van der Waals surface area contributed by atoms with Gasteiger partial charge >= 0.3 is 0 Å². The van der Waals surface area contributed by atoms with Gasteiger partial charge in [0.25, 0.3) is 0 Å². The van der Waals surface area contributed by atoms with Crippen molar-refractivity contribution < 1.29 is 9.50 Å². The molecule has 0 heterocycles. The zero-order valence-electron chi connectivity index (χ0n) is 10.2. The smallest absolute Gasteiger partial charge is 0.127 e. The van der Waals surface area contributed by atoms with E-state index in [1.54, 1.807) is 6.07 Å². The first-order chi connectivity index (χ1) is 8.20. The summed E-state index contributed by atoms with van der Waals surface area (Å²) in [6, 6.07) is 5.51. The highest BCUT2D eigenvalue weighted by molar-refractivity contribution is 5.24. The van der Waals surface area contributed by atoms with E-state index in [9.17, 15) is 9.50 Å². The highest BCUT2D eigenvalue weighted by Gasteiger charge is 2.25. The molecule has 2 unspecified atom stereocenters. The van der Waals surface area contributed by atoms with Crippen molar-refractivity contribution in [2.45, 2.75) is 38.8 Å². The molecule has 0 amide bonds. The molecule has 1 fully saturated rings. The van der Waals surface area contributed by atoms with Crippen LogP contribution in [0.3, 0.4) is 0 Å². The summed E-state index contributed by atoms with van der Waals surface area (Å²) in [7, 11) is 0. The maximum atomic E-state index is 13.5. The van der Waals surface area contributed by atoms with Crippen molar-refractivity contribution in [3.63, 3.8) is 0 Å². The summed E-state index contributed by atoms with van der Waals surface area (Å²) in [5.74, 6) is 0.185. The minimum absolute atomic E-state index is 0.151. The van der Waals surface area contributed by atoms with Crippen molar-refractivity contribution in [3.05, 3.63) is 35.1 Å². The van der Waals surface area contributed by atoms with E-state index in [0.29, 0.717) is 24.1 Å². The average molecular weight is 237 g/mol. The van der Waals surface area contributed by atoms with E-state index in [1.807, 2.05) is 13.0 Å². The topological polar surface area (TPSA) is 32.3 Å². The highest BCUT2D eigenvalue weighted by Crippen LogP contribution is 2.25. The largest absolute Gasteiger partial charge is 0.396 e. The van der Waals surface area contributed by atoms with Crippen LogP contribution < -0.4 is 5.32 Å². The Morgan fingerprint density at radius 1 is 1.41 bits per heavy atom. The van der Waals surface area contributed by atoms with Crippen LogP contribution in [-0.2, 0) is 6.54 Å². The SMILES string of the molecule is Cc1ccc(F)c(CNC2CCCC2CO)c1. The maximum Gasteiger partial charge on any atom is 0.127 e. The standard InChI is InChI=1S/C14H20FNO/c1-10-5-6-13(15)12(7-10)8-16-14-4-2-3-11(14)9-17/h5-7,11,14,16-17H,2-4,8-9H2,1H3. The molecule has 2 rings (SSSR count). The molecular formula is C14H20FNO. The molecule has 1 aliphatic rings. The molecule has 0 radical (unpaired) electrons. The fourth-order valence-corrected chi connectivity index (χ4v) is 2.60. The first-order valence-corrected chi connectivity index (χ1v) is 6.30. The van der Waals surface area contributed by atoms with E-state index in [2.05, 4.69) is 5.32 Å². The Morgan fingerprint density at radius 2 is 2.24 bits per heavy atom. The predicted octanol–water partition coefficient (Wildman–Crippen LogP) is 2.38. The molecule has 1 aromatic carbocycles. The third-order valence-corrected chi connectivity index (χ3v) is 3.65. The lowest BCUT2D eigenvalue weighted by atomic mass is 10.0. The van der Waals surface area contributed by atoms with Gasteiger partial charge in [-0.1, -0.05) is 24.1 Å². The molecule has 2 nitrogen and oxygen atoms in total. The van der Waals surface area contributed by atoms with Gasteiger partial charge in [-0.25, -0.2) is 4.39 Å². The van der Waals surface area contributed by atoms with Gasteiger partial charge in [0.05, 0.1) is 0 Å². The minimum Gasteiger partial charge on any atom is -0.396 e. The van der Waals surface area contributed by atoms with E-state index in [1.165, 1.54) is 6.07 Å². The molecule has 0 bridgehead atoms. The van der Waals surface area contributed by atoms with E-state index >= 15 is 0 Å². The molecule has 1 aliphatic carbocycles. The molecule has 1 aromatic rings. The van der Waals surface area contributed by atoms with Crippen LogP contribution in [0.5, 0.6) is 0 Å². The summed E-state index contributed by atoms with van der Waals surface area (Å²) in [5, 5.41) is 12.6. The monoisotopic (exact) mass is 237 g/mol. The van der Waals surface area contributed by atoms with Gasteiger partial charge in [0, 0.05) is 24.8 Å². The first-order valence-electron chi connectivity index (χ1n) is 6.30. The van der Waals surface area contributed by atoms with Crippen LogP contribution >= 0.6 is 0 Å². The van der Waals surface area contributed by atoms with Gasteiger partial charge in [0.15, 0.2) is 0 Å². The Kier molecular flexibility index (Phi) is 4.13. The Balaban J connectivity index is 1.95. The molecule has 3 heteroatoms. The average Bonchev–Trinajstić information content (AvgIpc) is 2.77. The lowest BCUT2D eigenvalue weighted by Gasteiger charge is -2.19. The summed E-state index contributed by atoms with van der Waals surface area (Å²) in [6.07, 6.45) is 3.31. The summed E-state index contributed by atoms with van der Waals surface area (Å²) in [6.45, 7) is 2.75. The second kappa shape index (κ2) is 5.61. The van der Waals surface area contributed by atoms with Crippen molar-refractivity contribution in [3.8, 4) is 0 Å². The van der Waals surface area contributed by atoms with Gasteiger partial charge in [0.1, 0.15) is 5.82 Å². The second-order valence-electron chi connectivity index (χ2n) is 4.96. The van der Waals surface area contributed by atoms with Gasteiger partial charge in [-0.15, -0.1) is 0 Å². The lowest BCUT2D eigenvalue weighted by Crippen LogP contribution is -2.33. The van der Waals surface area contributed by atoms with Gasteiger partial charge in [-0.3, -0.25) is 0 Å². The summed E-state index contributed by atoms with van der Waals surface area (Å²) >= 11 is 0. The van der Waals surface area contributed by atoms with Gasteiger partial charge in [-0.05, 0) is 31.7 Å². The summed E-state index contributed by atoms with van der Waals surface area (Å²) < 4.78 is 13.5. The van der Waals surface area contributed by atoms with Crippen LogP contribution in [0.15, 0.2) is 18.2 Å². The van der Waals surface area contributed by atoms with Crippen LogP contribution in [0.4, 0.5) is 4.39 Å². The van der Waals surface area contributed by atoms with Gasteiger partial charge in [0.2, 0.25) is 0 Å². The molecule has 0 spiro atoms. The molecule has 17 heavy (non-hydrogen) atoms. The van der Waals surface area contributed by atoms with Crippen molar-refractivity contribution in [1.29, 1.82) is 0 Å². The zero-order valence-corrected chi connectivity index (χ0v) is 10.2. The first kappa shape index (κ1) is 12.5. The molecular weight excluding hydrogens is 217 g/mol. The van der Waals surface area contributed by atoms with Crippen LogP contribution in [0, 0.1) is 18.7 Å². The fourth-order valence-electron chi connectivity index (χ4n) is 2.60. The van der Waals surface area contributed by atoms with E-state index in [4.69, 9.17) is 0 Å². The molecule has 0 saturated heterocycles. The maximum absolute atomic E-state index is 13.5. The minimum atomic E-state index is -0.151. The number of benzene rings is 1. The van der Waals surface area contributed by atoms with Crippen LogP contribution in [0.1, 0.15) is 30.4 Å². The van der Waals surface area contributed by atoms with Crippen molar-refractivity contribution >= 4 is 0 Å². The van der Waals surface area contributed by atoms with E-state index in [0.717, 1.165) is 24.8 Å². The van der Waals surface area contributed by atoms with Crippen LogP contribution in [-0.4, -0.2) is 17.8 Å². The number of aliphatic hydroxyl groups excluding tert-OH is 1. The predicted molar refractivity (Wildman–Crippen MR) is 66.2 cm³/mol. The highest BCUT2D eigenvalue weighted by atomic mass is 19.1. The van der Waals surface area contributed by atoms with Gasteiger partial charge in [-0.2, -0.15) is 0 Å². The fraction of sp³-hybridized carbons (Fsp3) is 0.571. The van der Waals surface area contributed by atoms with Crippen molar-refractivity contribution in [1.82, 2.24) is 5.32 Å². The summed E-state index contributed by atoms with van der Waals surface area (Å²) in [5.41, 5.74) is 1.79. The van der Waals surface area contributed by atoms with Gasteiger partial charge < -0.3 is 10.4 Å². The number of hydrogen-bond acceptors (Lipinski definition) is 2. The number of aliphatic hydroxyl groups is 1. The van der Waals surface area contributed by atoms with Crippen molar-refractivity contribution in [2.24, 2.45) is 5.92 Å². The van der Waals surface area contributed by atoms with E-state index < -0.39 is 0 Å². The molecule has 2 N–H and O–H groups in total. The number of nitrogens with one attached hydrogen (secondary N) is 1. The molecule has 0 aliphatic heterocycles. The quantitative estimate of drug-likeness (QED) is 0.842. The molecule has 1 saturated carbocycles. The third kappa shape index (κ3) is 3.05. The normalized spacial score (nSPS) is 24.2. The van der Waals surface area contributed by atoms with Crippen LogP contribution in [0.25, 0.3) is 0 Å². The Bertz CT molecular complexity index is 380. The Hall–Kier alpha value is -0.930. The number of halogens is 1. The Morgan fingerprint density at radius 3 is 3.00 bits per heavy atom. The summed E-state index contributed by atoms with van der Waals surface area (Å²) in [4.78, 5) is 0. The molecule has 94 valence electrons. The van der Waals surface area contributed by atoms with Crippen molar-refractivity contribution in [2.75, 3.05) is 6.61 Å². The molecule has 0 aromatic heterocycles. The van der Waals surface area contributed by atoms with Crippen LogP contribution in [0.2, 0.25) is 0 Å². The lowest BCUT2D eigenvalue weighted by molar-refractivity contribution is 0.205.